The molecule has 7 heteroatoms. The minimum absolute atomic E-state index is 0.208. The van der Waals surface area contributed by atoms with Gasteiger partial charge in [0, 0.05) is 24.3 Å². The van der Waals surface area contributed by atoms with E-state index in [4.69, 9.17) is 4.74 Å². The van der Waals surface area contributed by atoms with Gasteiger partial charge in [-0.15, -0.1) is 0 Å². The van der Waals surface area contributed by atoms with Crippen LogP contribution in [0.5, 0.6) is 0 Å². The van der Waals surface area contributed by atoms with E-state index < -0.39 is 10.0 Å². The summed E-state index contributed by atoms with van der Waals surface area (Å²) in [5.41, 5.74) is 3.14. The van der Waals surface area contributed by atoms with Gasteiger partial charge in [0.15, 0.2) is 0 Å². The van der Waals surface area contributed by atoms with Gasteiger partial charge < -0.3 is 10.1 Å². The quantitative estimate of drug-likeness (QED) is 0.805. The molecule has 1 atom stereocenters. The van der Waals surface area contributed by atoms with Crippen LogP contribution in [0.3, 0.4) is 0 Å². The number of fused-ring (bicyclic) bond motifs is 3. The van der Waals surface area contributed by atoms with Crippen LogP contribution in [0.4, 0.5) is 5.69 Å². The van der Waals surface area contributed by atoms with Crippen molar-refractivity contribution in [3.8, 4) is 11.1 Å². The van der Waals surface area contributed by atoms with E-state index in [9.17, 15) is 13.2 Å². The molecular formula is C21H26N2O4S. The van der Waals surface area contributed by atoms with E-state index in [1.54, 1.807) is 25.3 Å². The molecule has 1 amide bonds. The van der Waals surface area contributed by atoms with Gasteiger partial charge in [-0.2, -0.15) is 0 Å². The number of anilines is 1. The number of ether oxygens (including phenoxy) is 1. The summed E-state index contributed by atoms with van der Waals surface area (Å²) in [5, 5.41) is 2.78. The first-order valence-corrected chi connectivity index (χ1v) is 10.7. The molecule has 6 nitrogen and oxygen atoms in total. The molecule has 1 aliphatic heterocycles. The minimum atomic E-state index is -3.83. The fourth-order valence-electron chi connectivity index (χ4n) is 3.42. The van der Waals surface area contributed by atoms with Crippen molar-refractivity contribution in [2.75, 3.05) is 24.6 Å². The number of hydrogen-bond donors (Lipinski definition) is 1. The maximum atomic E-state index is 13.3. The molecule has 0 aromatic heterocycles. The first kappa shape index (κ1) is 20.4. The van der Waals surface area contributed by atoms with Crippen LogP contribution in [0.1, 0.15) is 32.3 Å². The van der Waals surface area contributed by atoms with Crippen LogP contribution in [0.15, 0.2) is 47.4 Å². The Bertz CT molecular complexity index is 986. The van der Waals surface area contributed by atoms with Crippen LogP contribution in [0.25, 0.3) is 11.1 Å². The molecule has 1 heterocycles. The molecule has 1 aliphatic rings. The number of carbonyl (C=O) groups is 1. The number of carbonyl (C=O) groups excluding carboxylic acids is 1. The SMILES string of the molecule is COC[C@H](C)NC(=O)CN1c2ccc(C(C)C)cc2-c2ccccc2S1(=O)=O. The molecule has 0 bridgehead atoms. The van der Waals surface area contributed by atoms with Crippen LogP contribution in [0.2, 0.25) is 0 Å². The molecule has 28 heavy (non-hydrogen) atoms. The smallest absolute Gasteiger partial charge is 0.265 e. The molecule has 2 aromatic rings. The summed E-state index contributed by atoms with van der Waals surface area (Å²) in [7, 11) is -2.28. The van der Waals surface area contributed by atoms with E-state index in [0.29, 0.717) is 23.8 Å². The Labute approximate surface area is 166 Å². The molecule has 0 fully saturated rings. The third-order valence-electron chi connectivity index (χ3n) is 4.81. The highest BCUT2D eigenvalue weighted by molar-refractivity contribution is 7.93. The van der Waals surface area contributed by atoms with Crippen molar-refractivity contribution < 1.29 is 17.9 Å². The van der Waals surface area contributed by atoms with Crippen LogP contribution in [0, 0.1) is 0 Å². The zero-order valence-electron chi connectivity index (χ0n) is 16.6. The van der Waals surface area contributed by atoms with Crippen molar-refractivity contribution in [1.82, 2.24) is 5.32 Å². The summed E-state index contributed by atoms with van der Waals surface area (Å²) in [6.07, 6.45) is 0. The Balaban J connectivity index is 2.06. The Morgan fingerprint density at radius 3 is 2.50 bits per heavy atom. The summed E-state index contributed by atoms with van der Waals surface area (Å²) < 4.78 is 32.7. The zero-order chi connectivity index (χ0) is 20.5. The first-order chi connectivity index (χ1) is 13.3. The summed E-state index contributed by atoms with van der Waals surface area (Å²) in [4.78, 5) is 12.7. The van der Waals surface area contributed by atoms with E-state index >= 15 is 0 Å². The lowest BCUT2D eigenvalue weighted by Gasteiger charge is -2.32. The van der Waals surface area contributed by atoms with Gasteiger partial charge in [0.1, 0.15) is 6.54 Å². The summed E-state index contributed by atoms with van der Waals surface area (Å²) in [5.74, 6) is -0.0611. The monoisotopic (exact) mass is 402 g/mol. The van der Waals surface area contributed by atoms with E-state index in [0.717, 1.165) is 11.1 Å². The fourth-order valence-corrected chi connectivity index (χ4v) is 5.07. The topological polar surface area (TPSA) is 75.7 Å². The number of methoxy groups -OCH3 is 1. The lowest BCUT2D eigenvalue weighted by Crippen LogP contribution is -2.45. The second-order valence-electron chi connectivity index (χ2n) is 7.36. The van der Waals surface area contributed by atoms with Gasteiger partial charge >= 0.3 is 0 Å². The molecule has 0 unspecified atom stereocenters. The van der Waals surface area contributed by atoms with Gasteiger partial charge in [-0.3, -0.25) is 9.10 Å². The Morgan fingerprint density at radius 2 is 1.82 bits per heavy atom. The highest BCUT2D eigenvalue weighted by Gasteiger charge is 2.36. The standard InChI is InChI=1S/C21H26N2O4S/c1-14(2)16-9-10-19-18(11-16)17-7-5-6-8-20(17)28(25,26)23(19)12-21(24)22-15(3)13-27-4/h5-11,14-15H,12-13H2,1-4H3,(H,22,24)/t15-/m0/s1. The predicted octanol–water partition coefficient (Wildman–Crippen LogP) is 3.14. The third kappa shape index (κ3) is 3.77. The number of hydrogen-bond acceptors (Lipinski definition) is 4. The zero-order valence-corrected chi connectivity index (χ0v) is 17.4. The average molecular weight is 403 g/mol. The van der Waals surface area contributed by atoms with Gasteiger partial charge in [-0.25, -0.2) is 8.42 Å². The molecule has 150 valence electrons. The van der Waals surface area contributed by atoms with E-state index in [1.807, 2.05) is 31.2 Å². The number of nitrogens with zero attached hydrogens (tertiary/aromatic N) is 1. The fraction of sp³-hybridized carbons (Fsp3) is 0.381. The van der Waals surface area contributed by atoms with E-state index in [1.165, 1.54) is 4.31 Å². The average Bonchev–Trinajstić information content (AvgIpc) is 2.65. The molecule has 2 aromatic carbocycles. The predicted molar refractivity (Wildman–Crippen MR) is 110 cm³/mol. The Hall–Kier alpha value is -2.38. The van der Waals surface area contributed by atoms with Gasteiger partial charge in [-0.1, -0.05) is 38.1 Å². The second-order valence-corrected chi connectivity index (χ2v) is 9.19. The van der Waals surface area contributed by atoms with Gasteiger partial charge in [0.05, 0.1) is 17.2 Å². The van der Waals surface area contributed by atoms with Crippen LogP contribution >= 0.6 is 0 Å². The number of nitrogens with one attached hydrogen (secondary N) is 1. The van der Waals surface area contributed by atoms with Crippen molar-refractivity contribution >= 4 is 21.6 Å². The normalized spacial score (nSPS) is 15.7. The van der Waals surface area contributed by atoms with Crippen molar-refractivity contribution in [2.24, 2.45) is 0 Å². The molecule has 0 saturated heterocycles. The maximum Gasteiger partial charge on any atom is 0.265 e. The number of benzene rings is 2. The molecular weight excluding hydrogens is 376 g/mol. The van der Waals surface area contributed by atoms with Crippen molar-refractivity contribution in [2.45, 2.75) is 37.6 Å². The molecule has 0 saturated carbocycles. The van der Waals surface area contributed by atoms with Crippen molar-refractivity contribution in [3.05, 3.63) is 48.0 Å². The maximum absolute atomic E-state index is 13.3. The van der Waals surface area contributed by atoms with Crippen LogP contribution in [-0.2, 0) is 19.6 Å². The number of rotatable bonds is 6. The highest BCUT2D eigenvalue weighted by atomic mass is 32.2. The van der Waals surface area contributed by atoms with Crippen molar-refractivity contribution in [3.63, 3.8) is 0 Å². The van der Waals surface area contributed by atoms with Gasteiger partial charge in [-0.05, 0) is 36.6 Å². The van der Waals surface area contributed by atoms with E-state index in [-0.39, 0.29) is 23.4 Å². The van der Waals surface area contributed by atoms with Crippen molar-refractivity contribution in [1.29, 1.82) is 0 Å². The molecule has 3 rings (SSSR count). The number of amides is 1. The molecule has 0 radical (unpaired) electrons. The highest BCUT2D eigenvalue weighted by Crippen LogP contribution is 2.43. The third-order valence-corrected chi connectivity index (χ3v) is 6.63. The number of sulfonamides is 1. The molecule has 1 N–H and O–H groups in total. The van der Waals surface area contributed by atoms with Gasteiger partial charge in [0.2, 0.25) is 5.91 Å². The van der Waals surface area contributed by atoms with Gasteiger partial charge in [0.25, 0.3) is 10.0 Å². The Morgan fingerprint density at radius 1 is 1.11 bits per heavy atom. The largest absolute Gasteiger partial charge is 0.383 e. The lowest BCUT2D eigenvalue weighted by atomic mass is 9.95. The van der Waals surface area contributed by atoms with Crippen LogP contribution < -0.4 is 9.62 Å². The summed E-state index contributed by atoms with van der Waals surface area (Å²) >= 11 is 0. The Kier molecular flexibility index (Phi) is 5.76. The van der Waals surface area contributed by atoms with E-state index in [2.05, 4.69) is 19.2 Å². The minimum Gasteiger partial charge on any atom is -0.383 e. The van der Waals surface area contributed by atoms with Crippen LogP contribution in [-0.4, -0.2) is 40.6 Å². The second kappa shape index (κ2) is 7.93. The molecule has 0 aliphatic carbocycles. The molecule has 0 spiro atoms. The summed E-state index contributed by atoms with van der Waals surface area (Å²) in [6.45, 7) is 6.07. The first-order valence-electron chi connectivity index (χ1n) is 9.30. The summed E-state index contributed by atoms with van der Waals surface area (Å²) in [6, 6.07) is 12.5. The lowest BCUT2D eigenvalue weighted by molar-refractivity contribution is -0.120.